The van der Waals surface area contributed by atoms with Gasteiger partial charge < -0.3 is 9.88 Å². The van der Waals surface area contributed by atoms with Crippen LogP contribution < -0.4 is 5.32 Å². The summed E-state index contributed by atoms with van der Waals surface area (Å²) in [5.74, 6) is 0. The van der Waals surface area contributed by atoms with Crippen molar-refractivity contribution < 1.29 is 13.2 Å². The third-order valence-electron chi connectivity index (χ3n) is 3.27. The predicted octanol–water partition coefficient (Wildman–Crippen LogP) is 3.35. The molecule has 5 heteroatoms. The lowest BCUT2D eigenvalue weighted by Crippen LogP contribution is -2.09. The van der Waals surface area contributed by atoms with E-state index in [4.69, 9.17) is 0 Å². The summed E-state index contributed by atoms with van der Waals surface area (Å²) in [6.45, 7) is 0.796. The van der Waals surface area contributed by atoms with Crippen LogP contribution in [0, 0.1) is 0 Å². The number of benzene rings is 1. The van der Waals surface area contributed by atoms with Gasteiger partial charge in [-0.25, -0.2) is 0 Å². The highest BCUT2D eigenvalue weighted by Gasteiger charge is 2.33. The van der Waals surface area contributed by atoms with Crippen LogP contribution in [0.4, 0.5) is 13.2 Å². The van der Waals surface area contributed by atoms with Crippen molar-refractivity contribution in [1.29, 1.82) is 0 Å². The quantitative estimate of drug-likeness (QED) is 0.843. The Bertz CT molecular complexity index is 570. The van der Waals surface area contributed by atoms with Crippen LogP contribution in [0.5, 0.6) is 0 Å². The summed E-state index contributed by atoms with van der Waals surface area (Å²) >= 11 is 0. The lowest BCUT2D eigenvalue weighted by molar-refractivity contribution is -0.136. The Hall–Kier alpha value is -1.49. The molecule has 0 bridgehead atoms. The van der Waals surface area contributed by atoms with E-state index in [1.54, 1.807) is 23.9 Å². The van der Waals surface area contributed by atoms with Gasteiger partial charge in [0.25, 0.3) is 0 Å². The first kappa shape index (κ1) is 13.9. The average molecular weight is 270 g/mol. The monoisotopic (exact) mass is 270 g/mol. The summed E-state index contributed by atoms with van der Waals surface area (Å²) in [6.07, 6.45) is -1.04. The van der Waals surface area contributed by atoms with Gasteiger partial charge in [0.05, 0.1) is 5.56 Å². The number of aromatic nitrogens is 1. The number of hydrogen-bond donors (Lipinski definition) is 1. The minimum atomic E-state index is -4.31. The van der Waals surface area contributed by atoms with Gasteiger partial charge in [-0.05, 0) is 44.1 Å². The number of rotatable bonds is 4. The fourth-order valence-corrected chi connectivity index (χ4v) is 2.42. The molecular formula is C14H17F3N2. The van der Waals surface area contributed by atoms with Gasteiger partial charge in [-0.3, -0.25) is 0 Å². The van der Waals surface area contributed by atoms with Gasteiger partial charge in [0.1, 0.15) is 0 Å². The van der Waals surface area contributed by atoms with Crippen LogP contribution in [-0.4, -0.2) is 18.2 Å². The van der Waals surface area contributed by atoms with E-state index in [2.05, 4.69) is 5.32 Å². The lowest BCUT2D eigenvalue weighted by Gasteiger charge is -2.10. The molecule has 0 saturated heterocycles. The number of hydrogen-bond acceptors (Lipinski definition) is 1. The number of halogens is 3. The van der Waals surface area contributed by atoms with Crippen molar-refractivity contribution in [2.45, 2.75) is 19.0 Å². The van der Waals surface area contributed by atoms with Crippen molar-refractivity contribution in [3.63, 3.8) is 0 Å². The maximum absolute atomic E-state index is 13.1. The molecule has 0 radical (unpaired) electrons. The molecule has 0 saturated carbocycles. The maximum atomic E-state index is 13.1. The maximum Gasteiger partial charge on any atom is 0.417 e. The molecule has 0 unspecified atom stereocenters. The van der Waals surface area contributed by atoms with Crippen LogP contribution in [0.2, 0.25) is 0 Å². The van der Waals surface area contributed by atoms with Crippen molar-refractivity contribution in [2.75, 3.05) is 13.6 Å². The zero-order valence-electron chi connectivity index (χ0n) is 11.0. The van der Waals surface area contributed by atoms with Crippen LogP contribution in [0.3, 0.4) is 0 Å². The fourth-order valence-electron chi connectivity index (χ4n) is 2.42. The topological polar surface area (TPSA) is 17.0 Å². The third kappa shape index (κ3) is 2.76. The molecule has 1 heterocycles. The van der Waals surface area contributed by atoms with Crippen molar-refractivity contribution in [3.8, 4) is 0 Å². The summed E-state index contributed by atoms with van der Waals surface area (Å²) in [6, 6.07) is 4.35. The second-order valence-corrected chi connectivity index (χ2v) is 4.67. The first-order valence-electron chi connectivity index (χ1n) is 6.24. The number of nitrogens with zero attached hydrogens (tertiary/aromatic N) is 1. The molecular weight excluding hydrogens is 253 g/mol. The Morgan fingerprint density at radius 1 is 1.26 bits per heavy atom. The van der Waals surface area contributed by atoms with Crippen LogP contribution >= 0.6 is 0 Å². The molecule has 0 spiro atoms. The summed E-state index contributed by atoms with van der Waals surface area (Å²) in [5, 5.41) is 3.35. The highest BCUT2D eigenvalue weighted by Crippen LogP contribution is 2.37. The molecule has 0 fully saturated rings. The van der Waals surface area contributed by atoms with Crippen LogP contribution in [-0.2, 0) is 19.6 Å². The van der Waals surface area contributed by atoms with Gasteiger partial charge in [0.15, 0.2) is 0 Å². The minimum Gasteiger partial charge on any atom is -0.350 e. The smallest absolute Gasteiger partial charge is 0.350 e. The van der Waals surface area contributed by atoms with E-state index in [1.165, 1.54) is 6.07 Å². The molecule has 0 aliphatic carbocycles. The highest BCUT2D eigenvalue weighted by atomic mass is 19.4. The fraction of sp³-hybridized carbons (Fsp3) is 0.429. The van der Waals surface area contributed by atoms with Crippen molar-refractivity contribution in [2.24, 2.45) is 7.05 Å². The van der Waals surface area contributed by atoms with Gasteiger partial charge in [-0.2, -0.15) is 13.2 Å². The Balaban J connectivity index is 2.52. The molecule has 0 amide bonds. The van der Waals surface area contributed by atoms with Gasteiger partial charge in [-0.15, -0.1) is 0 Å². The SMILES string of the molecule is CNCCCc1cn(C)c2cccc(C(F)(F)F)c12. The molecule has 0 aliphatic heterocycles. The predicted molar refractivity (Wildman–Crippen MR) is 70.2 cm³/mol. The number of alkyl halides is 3. The number of nitrogens with one attached hydrogen (secondary N) is 1. The van der Waals surface area contributed by atoms with E-state index in [-0.39, 0.29) is 0 Å². The number of fused-ring (bicyclic) bond motifs is 1. The molecule has 1 N–H and O–H groups in total. The van der Waals surface area contributed by atoms with Gasteiger partial charge in [0, 0.05) is 24.1 Å². The molecule has 0 atom stereocenters. The largest absolute Gasteiger partial charge is 0.417 e. The molecule has 1 aromatic carbocycles. The molecule has 0 aliphatic rings. The zero-order chi connectivity index (χ0) is 14.0. The van der Waals surface area contributed by atoms with E-state index >= 15 is 0 Å². The first-order valence-corrected chi connectivity index (χ1v) is 6.24. The zero-order valence-corrected chi connectivity index (χ0v) is 11.0. The Morgan fingerprint density at radius 3 is 2.63 bits per heavy atom. The number of aryl methyl sites for hydroxylation is 2. The minimum absolute atomic E-state index is 0.341. The van der Waals surface area contributed by atoms with E-state index in [0.29, 0.717) is 17.3 Å². The standard InChI is InChI=1S/C14H17F3N2/c1-18-8-4-5-10-9-19(2)12-7-3-6-11(13(10)12)14(15,16)17/h3,6-7,9,18H,4-5,8H2,1-2H3. The van der Waals surface area contributed by atoms with Gasteiger partial charge in [0.2, 0.25) is 0 Å². The second kappa shape index (κ2) is 5.25. The Morgan fingerprint density at radius 2 is 2.00 bits per heavy atom. The summed E-state index contributed by atoms with van der Waals surface area (Å²) in [7, 11) is 3.62. The average Bonchev–Trinajstić information content (AvgIpc) is 2.66. The van der Waals surface area contributed by atoms with E-state index in [1.807, 2.05) is 7.05 Å². The molecule has 104 valence electrons. The molecule has 2 nitrogen and oxygen atoms in total. The first-order chi connectivity index (χ1) is 8.95. The van der Waals surface area contributed by atoms with E-state index < -0.39 is 11.7 Å². The Labute approximate surface area is 110 Å². The third-order valence-corrected chi connectivity index (χ3v) is 3.27. The van der Waals surface area contributed by atoms with Crippen molar-refractivity contribution in [3.05, 3.63) is 35.5 Å². The molecule has 19 heavy (non-hydrogen) atoms. The lowest BCUT2D eigenvalue weighted by atomic mass is 10.0. The normalized spacial score (nSPS) is 12.3. The highest BCUT2D eigenvalue weighted by molar-refractivity contribution is 5.87. The molecule has 1 aromatic heterocycles. The summed E-state index contributed by atoms with van der Waals surface area (Å²) in [5.41, 5.74) is 0.861. The van der Waals surface area contributed by atoms with Crippen molar-refractivity contribution >= 4 is 10.9 Å². The Kier molecular flexibility index (Phi) is 3.85. The van der Waals surface area contributed by atoms with Crippen LogP contribution in [0.1, 0.15) is 17.5 Å². The van der Waals surface area contributed by atoms with E-state index in [0.717, 1.165) is 24.6 Å². The van der Waals surface area contributed by atoms with Crippen molar-refractivity contribution in [1.82, 2.24) is 9.88 Å². The molecule has 2 aromatic rings. The molecule has 2 rings (SSSR count). The van der Waals surface area contributed by atoms with Gasteiger partial charge in [-0.1, -0.05) is 6.07 Å². The van der Waals surface area contributed by atoms with E-state index in [9.17, 15) is 13.2 Å². The second-order valence-electron chi connectivity index (χ2n) is 4.67. The van der Waals surface area contributed by atoms with Crippen LogP contribution in [0.25, 0.3) is 10.9 Å². The van der Waals surface area contributed by atoms with Crippen LogP contribution in [0.15, 0.2) is 24.4 Å². The van der Waals surface area contributed by atoms with Gasteiger partial charge >= 0.3 is 6.18 Å². The summed E-state index contributed by atoms with van der Waals surface area (Å²) < 4.78 is 41.0. The summed E-state index contributed by atoms with van der Waals surface area (Å²) in [4.78, 5) is 0.